The van der Waals surface area contributed by atoms with Crippen molar-refractivity contribution >= 4 is 23.0 Å². The number of nitrogens with zero attached hydrogens (tertiary/aromatic N) is 3. The van der Waals surface area contributed by atoms with E-state index in [0.29, 0.717) is 22.9 Å². The molecule has 0 atom stereocenters. The fourth-order valence-corrected chi connectivity index (χ4v) is 3.25. The van der Waals surface area contributed by atoms with Crippen molar-refractivity contribution in [2.24, 2.45) is 0 Å². The van der Waals surface area contributed by atoms with Crippen molar-refractivity contribution in [3.05, 3.63) is 52.7 Å². The first-order valence-electron chi connectivity index (χ1n) is 7.58. The zero-order valence-corrected chi connectivity index (χ0v) is 14.3. The average Bonchev–Trinajstić information content (AvgIpc) is 3.16. The summed E-state index contributed by atoms with van der Waals surface area (Å²) < 4.78 is 1.83. The van der Waals surface area contributed by atoms with Gasteiger partial charge in [0.2, 0.25) is 0 Å². The van der Waals surface area contributed by atoms with Gasteiger partial charge >= 0.3 is 5.97 Å². The monoisotopic (exact) mass is 342 g/mol. The third-order valence-corrected chi connectivity index (χ3v) is 4.82. The van der Waals surface area contributed by atoms with Crippen LogP contribution in [0.2, 0.25) is 0 Å². The van der Waals surface area contributed by atoms with E-state index in [4.69, 9.17) is 5.11 Å². The van der Waals surface area contributed by atoms with Gasteiger partial charge in [0.15, 0.2) is 0 Å². The second-order valence-electron chi connectivity index (χ2n) is 5.44. The van der Waals surface area contributed by atoms with Crippen LogP contribution in [0, 0.1) is 13.8 Å². The van der Waals surface area contributed by atoms with Crippen molar-refractivity contribution in [2.75, 3.05) is 11.9 Å². The second kappa shape index (κ2) is 6.84. The number of para-hydroxylation sites is 1. The summed E-state index contributed by atoms with van der Waals surface area (Å²) in [5.41, 5.74) is 3.55. The van der Waals surface area contributed by atoms with E-state index in [9.17, 15) is 4.79 Å². The molecule has 0 aliphatic heterocycles. The summed E-state index contributed by atoms with van der Waals surface area (Å²) in [6.45, 7) is 5.24. The van der Waals surface area contributed by atoms with E-state index in [1.807, 2.05) is 29.1 Å². The molecule has 0 radical (unpaired) electrons. The highest BCUT2D eigenvalue weighted by molar-refractivity contribution is 7.17. The fourth-order valence-electron chi connectivity index (χ4n) is 2.38. The Bertz CT molecular complexity index is 869. The molecule has 2 heterocycles. The van der Waals surface area contributed by atoms with E-state index in [1.54, 1.807) is 6.92 Å². The predicted molar refractivity (Wildman–Crippen MR) is 94.7 cm³/mol. The molecule has 0 amide bonds. The van der Waals surface area contributed by atoms with Gasteiger partial charge in [-0.2, -0.15) is 5.10 Å². The van der Waals surface area contributed by atoms with Gasteiger partial charge in [-0.25, -0.2) is 9.78 Å². The normalized spacial score (nSPS) is 10.8. The number of carboxylic acid groups (broad SMARTS) is 1. The van der Waals surface area contributed by atoms with Crippen molar-refractivity contribution in [3.8, 4) is 10.7 Å². The molecular formula is C17H18N4O2S. The molecule has 2 aromatic heterocycles. The highest BCUT2D eigenvalue weighted by atomic mass is 32.1. The molecule has 0 aliphatic rings. The van der Waals surface area contributed by atoms with Crippen molar-refractivity contribution in [3.63, 3.8) is 0 Å². The molecule has 2 N–H and O–H groups in total. The van der Waals surface area contributed by atoms with E-state index in [2.05, 4.69) is 34.5 Å². The Hall–Kier alpha value is -2.67. The smallest absolute Gasteiger partial charge is 0.347 e. The predicted octanol–water partition coefficient (Wildman–Crippen LogP) is 3.43. The maximum Gasteiger partial charge on any atom is 0.347 e. The zero-order valence-electron chi connectivity index (χ0n) is 13.5. The minimum atomic E-state index is -0.946. The molecule has 3 aromatic rings. The summed E-state index contributed by atoms with van der Waals surface area (Å²) >= 11 is 1.15. The number of anilines is 1. The largest absolute Gasteiger partial charge is 0.477 e. The Balaban J connectivity index is 1.64. The summed E-state index contributed by atoms with van der Waals surface area (Å²) in [6, 6.07) is 10.0. The Kier molecular flexibility index (Phi) is 4.61. The zero-order chi connectivity index (χ0) is 17.1. The molecule has 7 heteroatoms. The van der Waals surface area contributed by atoms with Crippen LogP contribution < -0.4 is 5.32 Å². The van der Waals surface area contributed by atoms with Crippen LogP contribution in [0.25, 0.3) is 10.7 Å². The van der Waals surface area contributed by atoms with E-state index >= 15 is 0 Å². The minimum Gasteiger partial charge on any atom is -0.477 e. The maximum absolute atomic E-state index is 11.1. The molecule has 6 nitrogen and oxygen atoms in total. The van der Waals surface area contributed by atoms with E-state index in [1.165, 1.54) is 5.56 Å². The van der Waals surface area contributed by atoms with Gasteiger partial charge < -0.3 is 10.4 Å². The van der Waals surface area contributed by atoms with Gasteiger partial charge in [-0.05, 0) is 31.5 Å². The first-order valence-corrected chi connectivity index (χ1v) is 8.40. The molecule has 0 aliphatic carbocycles. The van der Waals surface area contributed by atoms with E-state index in [-0.39, 0.29) is 4.88 Å². The lowest BCUT2D eigenvalue weighted by Gasteiger charge is -2.09. The maximum atomic E-state index is 11.1. The topological polar surface area (TPSA) is 80.0 Å². The number of aryl methyl sites for hydroxylation is 2. The van der Waals surface area contributed by atoms with Crippen molar-refractivity contribution < 1.29 is 9.90 Å². The number of hydrogen-bond donors (Lipinski definition) is 2. The lowest BCUT2D eigenvalue weighted by Crippen LogP contribution is -2.11. The van der Waals surface area contributed by atoms with Gasteiger partial charge in [0.25, 0.3) is 0 Å². The standard InChI is InChI=1S/C17H18N4O2S/c1-11-5-3-4-6-13(11)18-8-10-21-9-7-14(20-21)16-19-12(2)15(24-16)17(22)23/h3-7,9,18H,8,10H2,1-2H3,(H,22,23). The Labute approximate surface area is 143 Å². The van der Waals surface area contributed by atoms with Crippen LogP contribution in [-0.4, -0.2) is 32.4 Å². The molecule has 0 saturated heterocycles. The van der Waals surface area contributed by atoms with Gasteiger partial charge in [0.05, 0.1) is 12.2 Å². The molecule has 1 aromatic carbocycles. The third kappa shape index (κ3) is 3.46. The fraction of sp³-hybridized carbons (Fsp3) is 0.235. The number of nitrogens with one attached hydrogen (secondary N) is 1. The molecule has 3 rings (SSSR count). The Morgan fingerprint density at radius 1 is 1.29 bits per heavy atom. The minimum absolute atomic E-state index is 0.265. The van der Waals surface area contributed by atoms with Crippen molar-refractivity contribution in [1.29, 1.82) is 0 Å². The number of aromatic nitrogens is 3. The quantitative estimate of drug-likeness (QED) is 0.717. The molecular weight excluding hydrogens is 324 g/mol. The average molecular weight is 342 g/mol. The van der Waals surface area contributed by atoms with Gasteiger partial charge in [0, 0.05) is 18.4 Å². The molecule has 0 spiro atoms. The first kappa shape index (κ1) is 16.2. The van der Waals surface area contributed by atoms with Crippen LogP contribution in [0.1, 0.15) is 20.9 Å². The molecule has 0 bridgehead atoms. The second-order valence-corrected chi connectivity index (χ2v) is 6.44. The number of carboxylic acids is 1. The third-order valence-electron chi connectivity index (χ3n) is 3.65. The van der Waals surface area contributed by atoms with Gasteiger partial charge in [-0.1, -0.05) is 18.2 Å². The SMILES string of the molecule is Cc1ccccc1NCCn1ccc(-c2nc(C)c(C(=O)O)s2)n1. The number of hydrogen-bond acceptors (Lipinski definition) is 5. The summed E-state index contributed by atoms with van der Waals surface area (Å²) in [6.07, 6.45) is 1.88. The number of rotatable bonds is 6. The Morgan fingerprint density at radius 2 is 2.08 bits per heavy atom. The molecule has 0 saturated carbocycles. The number of aromatic carboxylic acids is 1. The molecule has 124 valence electrons. The van der Waals surface area contributed by atoms with Crippen LogP contribution >= 0.6 is 11.3 Å². The van der Waals surface area contributed by atoms with Gasteiger partial charge in [-0.3, -0.25) is 4.68 Å². The number of carbonyl (C=O) groups is 1. The molecule has 0 fully saturated rings. The lowest BCUT2D eigenvalue weighted by atomic mass is 10.2. The highest BCUT2D eigenvalue weighted by Gasteiger charge is 2.16. The summed E-state index contributed by atoms with van der Waals surface area (Å²) in [5, 5.41) is 17.6. The van der Waals surface area contributed by atoms with Gasteiger partial charge in [0.1, 0.15) is 15.6 Å². The Morgan fingerprint density at radius 3 is 2.79 bits per heavy atom. The molecule has 24 heavy (non-hydrogen) atoms. The number of benzene rings is 1. The summed E-state index contributed by atoms with van der Waals surface area (Å²) in [7, 11) is 0. The van der Waals surface area contributed by atoms with E-state index < -0.39 is 5.97 Å². The van der Waals surface area contributed by atoms with Crippen LogP contribution in [0.15, 0.2) is 36.5 Å². The van der Waals surface area contributed by atoms with Gasteiger partial charge in [-0.15, -0.1) is 11.3 Å². The summed E-state index contributed by atoms with van der Waals surface area (Å²) in [5.74, 6) is -0.946. The molecule has 0 unspecified atom stereocenters. The van der Waals surface area contributed by atoms with Crippen LogP contribution in [0.3, 0.4) is 0 Å². The van der Waals surface area contributed by atoms with E-state index in [0.717, 1.165) is 23.6 Å². The lowest BCUT2D eigenvalue weighted by molar-refractivity contribution is 0.0701. The highest BCUT2D eigenvalue weighted by Crippen LogP contribution is 2.26. The first-order chi connectivity index (χ1) is 11.5. The van der Waals surface area contributed by atoms with Crippen LogP contribution in [-0.2, 0) is 6.54 Å². The number of thiazole rings is 1. The van der Waals surface area contributed by atoms with Crippen molar-refractivity contribution in [2.45, 2.75) is 20.4 Å². The van der Waals surface area contributed by atoms with Crippen LogP contribution in [0.5, 0.6) is 0 Å². The van der Waals surface area contributed by atoms with Crippen molar-refractivity contribution in [1.82, 2.24) is 14.8 Å². The summed E-state index contributed by atoms with van der Waals surface area (Å²) in [4.78, 5) is 15.7. The van der Waals surface area contributed by atoms with Crippen LogP contribution in [0.4, 0.5) is 5.69 Å².